The van der Waals surface area contributed by atoms with E-state index in [1.807, 2.05) is 11.9 Å². The van der Waals surface area contributed by atoms with E-state index in [1.54, 1.807) is 6.08 Å². The molecule has 196 valence electrons. The van der Waals surface area contributed by atoms with Gasteiger partial charge in [0.2, 0.25) is 5.91 Å². The number of benzene rings is 1. The number of hydrogen-bond donors (Lipinski definition) is 2. The molecule has 4 aliphatic rings. The van der Waals surface area contributed by atoms with Crippen LogP contribution in [0.4, 0.5) is 23.7 Å². The molecule has 36 heavy (non-hydrogen) atoms. The number of urea groups is 1. The summed E-state index contributed by atoms with van der Waals surface area (Å²) in [4.78, 5) is 27.0. The fourth-order valence-corrected chi connectivity index (χ4v) is 8.35. The van der Waals surface area contributed by atoms with Crippen LogP contribution in [0.2, 0.25) is 5.02 Å². The van der Waals surface area contributed by atoms with Gasteiger partial charge in [-0.1, -0.05) is 31.5 Å². The molecule has 0 aromatic heterocycles. The highest BCUT2D eigenvalue weighted by Crippen LogP contribution is 2.63. The first-order valence-electron chi connectivity index (χ1n) is 12.7. The van der Waals surface area contributed by atoms with E-state index in [9.17, 15) is 22.8 Å². The molecule has 3 amide bonds. The second-order valence-electron chi connectivity index (χ2n) is 11.6. The van der Waals surface area contributed by atoms with Crippen molar-refractivity contribution in [2.24, 2.45) is 28.6 Å². The van der Waals surface area contributed by atoms with Crippen LogP contribution in [-0.2, 0) is 11.0 Å². The standard InChI is InChI=1S/C27H33ClF3N3O2/c1-25-12-10-18-16(5-9-22-26(18,2)13-11-23(35)34(22)3)17(25)6-8-21(25)33-24(36)32-15-4-7-20(28)19(14-15)27(29,30)31/h4,7,11,13-14,16-18,21-22H,5-6,8-10,12H2,1-3H3,(H2,32,33,36)/t16-,17-,18-,21-,22+,25-,26+/m0/s1. The van der Waals surface area contributed by atoms with E-state index in [-0.39, 0.29) is 34.5 Å². The predicted octanol–water partition coefficient (Wildman–Crippen LogP) is 6.49. The number of carbonyl (C=O) groups is 2. The smallest absolute Gasteiger partial charge is 0.338 e. The summed E-state index contributed by atoms with van der Waals surface area (Å²) < 4.78 is 39.6. The van der Waals surface area contributed by atoms with E-state index >= 15 is 0 Å². The largest absolute Gasteiger partial charge is 0.417 e. The van der Waals surface area contributed by atoms with E-state index in [1.165, 1.54) is 6.07 Å². The van der Waals surface area contributed by atoms with E-state index in [4.69, 9.17) is 11.6 Å². The Kier molecular flexibility index (Phi) is 6.13. The Morgan fingerprint density at radius 3 is 2.58 bits per heavy atom. The molecule has 1 aliphatic heterocycles. The van der Waals surface area contributed by atoms with Gasteiger partial charge in [0.05, 0.1) is 10.6 Å². The van der Waals surface area contributed by atoms with Gasteiger partial charge in [0.25, 0.3) is 0 Å². The monoisotopic (exact) mass is 523 g/mol. The molecule has 2 N–H and O–H groups in total. The lowest BCUT2D eigenvalue weighted by molar-refractivity contribution is -0.138. The number of nitrogens with zero attached hydrogens (tertiary/aromatic N) is 1. The molecule has 0 radical (unpaired) electrons. The quantitative estimate of drug-likeness (QED) is 0.465. The average molecular weight is 524 g/mol. The second kappa shape index (κ2) is 8.67. The SMILES string of the molecule is CN1C(=O)C=C[C@]2(C)[C@H]3CC[C@]4(C)[C@@H](NC(=O)Nc5ccc(Cl)c(C(F)(F)F)c5)CC[C@H]4[C@@H]3CC[C@@H]12. The zero-order chi connectivity index (χ0) is 26.0. The van der Waals surface area contributed by atoms with Crippen LogP contribution >= 0.6 is 11.6 Å². The number of carbonyl (C=O) groups excluding carboxylic acids is 2. The molecular formula is C27H33ClF3N3O2. The molecule has 5 nitrogen and oxygen atoms in total. The topological polar surface area (TPSA) is 61.4 Å². The minimum Gasteiger partial charge on any atom is -0.338 e. The van der Waals surface area contributed by atoms with Crippen molar-refractivity contribution in [2.75, 3.05) is 12.4 Å². The number of anilines is 1. The lowest BCUT2D eigenvalue weighted by atomic mass is 9.48. The van der Waals surface area contributed by atoms with Crippen molar-refractivity contribution in [3.05, 3.63) is 40.9 Å². The van der Waals surface area contributed by atoms with Crippen LogP contribution in [0.15, 0.2) is 30.4 Å². The number of alkyl halides is 3. The first-order chi connectivity index (χ1) is 16.8. The molecular weight excluding hydrogens is 491 g/mol. The molecule has 9 heteroatoms. The van der Waals surface area contributed by atoms with Crippen LogP contribution < -0.4 is 10.6 Å². The summed E-state index contributed by atoms with van der Waals surface area (Å²) in [5.41, 5.74) is -1.03. The molecule has 3 fully saturated rings. The molecule has 0 bridgehead atoms. The van der Waals surface area contributed by atoms with Crippen molar-refractivity contribution in [1.29, 1.82) is 0 Å². The number of hydrogen-bond acceptors (Lipinski definition) is 2. The molecule has 1 heterocycles. The summed E-state index contributed by atoms with van der Waals surface area (Å²) in [5.74, 6) is 1.55. The summed E-state index contributed by atoms with van der Waals surface area (Å²) in [5, 5.41) is 5.26. The molecule has 0 spiro atoms. The Morgan fingerprint density at radius 2 is 1.86 bits per heavy atom. The fraction of sp³-hybridized carbons (Fsp3) is 0.630. The molecule has 3 saturated carbocycles. The summed E-state index contributed by atoms with van der Waals surface area (Å²) in [6.07, 6.45) is 5.20. The highest BCUT2D eigenvalue weighted by Gasteiger charge is 2.60. The van der Waals surface area contributed by atoms with Crippen LogP contribution in [0.25, 0.3) is 0 Å². The molecule has 1 aromatic carbocycles. The van der Waals surface area contributed by atoms with Gasteiger partial charge in [-0.3, -0.25) is 4.79 Å². The summed E-state index contributed by atoms with van der Waals surface area (Å²) in [7, 11) is 1.91. The summed E-state index contributed by atoms with van der Waals surface area (Å²) >= 11 is 5.70. The van der Waals surface area contributed by atoms with Gasteiger partial charge in [0, 0.05) is 30.2 Å². The number of likely N-dealkylation sites (N-methyl/N-ethyl adjacent to an activating group) is 1. The van der Waals surface area contributed by atoms with Crippen LogP contribution in [-0.4, -0.2) is 36.0 Å². The zero-order valence-electron chi connectivity index (χ0n) is 20.8. The maximum absolute atomic E-state index is 13.2. The van der Waals surface area contributed by atoms with Crippen LogP contribution in [0.5, 0.6) is 0 Å². The van der Waals surface area contributed by atoms with Gasteiger partial charge in [0.15, 0.2) is 0 Å². The second-order valence-corrected chi connectivity index (χ2v) is 12.0. The Bertz CT molecular complexity index is 1110. The number of amides is 3. The Labute approximate surface area is 214 Å². The molecule has 1 aromatic rings. The molecule has 7 atom stereocenters. The summed E-state index contributed by atoms with van der Waals surface area (Å²) in [6, 6.07) is 3.07. The van der Waals surface area contributed by atoms with Crippen molar-refractivity contribution in [2.45, 2.75) is 70.6 Å². The minimum absolute atomic E-state index is 0.0411. The Morgan fingerprint density at radius 1 is 1.11 bits per heavy atom. The average Bonchev–Trinajstić information content (AvgIpc) is 3.13. The van der Waals surface area contributed by atoms with Crippen molar-refractivity contribution in [3.63, 3.8) is 0 Å². The highest BCUT2D eigenvalue weighted by atomic mass is 35.5. The lowest BCUT2D eigenvalue weighted by Gasteiger charge is -2.60. The van der Waals surface area contributed by atoms with Crippen molar-refractivity contribution in [1.82, 2.24) is 10.2 Å². The Balaban J connectivity index is 1.29. The maximum atomic E-state index is 13.2. The van der Waals surface area contributed by atoms with Gasteiger partial charge in [-0.15, -0.1) is 0 Å². The lowest BCUT2D eigenvalue weighted by Crippen LogP contribution is -2.60. The molecule has 0 saturated heterocycles. The fourth-order valence-electron chi connectivity index (χ4n) is 8.12. The van der Waals surface area contributed by atoms with Crippen molar-refractivity contribution < 1.29 is 22.8 Å². The van der Waals surface area contributed by atoms with Gasteiger partial charge in [-0.2, -0.15) is 13.2 Å². The number of halogens is 4. The third-order valence-corrected chi connectivity index (χ3v) is 10.3. The van der Waals surface area contributed by atoms with Crippen molar-refractivity contribution in [3.8, 4) is 0 Å². The normalized spacial score (nSPS) is 37.7. The molecule has 0 unspecified atom stereocenters. The molecule has 5 rings (SSSR count). The first kappa shape index (κ1) is 25.4. The van der Waals surface area contributed by atoms with Gasteiger partial charge in [0.1, 0.15) is 0 Å². The predicted molar refractivity (Wildman–Crippen MR) is 132 cm³/mol. The van der Waals surface area contributed by atoms with E-state index in [0.29, 0.717) is 17.8 Å². The third kappa shape index (κ3) is 4.00. The van der Waals surface area contributed by atoms with Crippen molar-refractivity contribution >= 4 is 29.2 Å². The van der Waals surface area contributed by atoms with Crippen LogP contribution in [0, 0.1) is 28.6 Å². The summed E-state index contributed by atoms with van der Waals surface area (Å²) in [6.45, 7) is 4.56. The van der Waals surface area contributed by atoms with E-state index in [2.05, 4.69) is 30.6 Å². The number of nitrogens with one attached hydrogen (secondary N) is 2. The molecule has 3 aliphatic carbocycles. The minimum atomic E-state index is -4.60. The van der Waals surface area contributed by atoms with Crippen LogP contribution in [0.3, 0.4) is 0 Å². The first-order valence-corrected chi connectivity index (χ1v) is 13.1. The Hall–Kier alpha value is -2.22. The van der Waals surface area contributed by atoms with E-state index in [0.717, 1.165) is 50.7 Å². The zero-order valence-corrected chi connectivity index (χ0v) is 21.5. The number of fused-ring (bicyclic) bond motifs is 5. The van der Waals surface area contributed by atoms with Crippen LogP contribution in [0.1, 0.15) is 57.9 Å². The van der Waals surface area contributed by atoms with Gasteiger partial charge < -0.3 is 15.5 Å². The van der Waals surface area contributed by atoms with Gasteiger partial charge in [-0.25, -0.2) is 4.79 Å². The van der Waals surface area contributed by atoms with Gasteiger partial charge in [-0.05, 0) is 86.0 Å². The third-order valence-electron chi connectivity index (χ3n) is 9.96. The number of rotatable bonds is 2. The highest BCUT2D eigenvalue weighted by molar-refractivity contribution is 6.31. The van der Waals surface area contributed by atoms with E-state index < -0.39 is 22.8 Å². The maximum Gasteiger partial charge on any atom is 0.417 e. The van der Waals surface area contributed by atoms with Gasteiger partial charge >= 0.3 is 12.2 Å².